The normalized spacial score (nSPS) is 11.1. The Hall–Kier alpha value is -1.06. The predicted octanol–water partition coefficient (Wildman–Crippen LogP) is 10.8. The van der Waals surface area contributed by atoms with Crippen molar-refractivity contribution in [2.75, 3.05) is 10.6 Å². The summed E-state index contributed by atoms with van der Waals surface area (Å²) in [6.45, 7) is 4.54. The third-order valence-corrected chi connectivity index (χ3v) is 9.28. The molecule has 0 unspecified atom stereocenters. The van der Waals surface area contributed by atoms with Crippen LogP contribution in [0.2, 0.25) is 0 Å². The summed E-state index contributed by atoms with van der Waals surface area (Å²) >= 11 is 0.206. The zero-order valence-corrected chi connectivity index (χ0v) is 27.5. The Bertz CT molecular complexity index is 647. The fraction of sp³-hybridized carbons (Fsp3) is 0.824. The first-order valence-corrected chi connectivity index (χ1v) is 18.8. The molecule has 0 aliphatic heterocycles. The molecule has 0 saturated carbocycles. The van der Waals surface area contributed by atoms with Crippen molar-refractivity contribution in [1.82, 2.24) is 0 Å². The van der Waals surface area contributed by atoms with Crippen LogP contribution < -0.4 is 10.6 Å². The van der Waals surface area contributed by atoms with Crippen LogP contribution in [0.5, 0.6) is 0 Å². The van der Waals surface area contributed by atoms with Gasteiger partial charge in [-0.3, -0.25) is 0 Å². The number of nitrogens with one attached hydrogen (secondary N) is 2. The molecule has 0 aromatic carbocycles. The standard InChI is InChI=1S/C34H62N2O2Se/c1-3-5-7-9-11-13-15-17-19-21-23-25-27-33(37)35-31-29-39-30-32(31)36-34(38)28-26-24-22-20-18-16-14-12-10-8-6-4-2/h29-30H,3-28H2,1-2H3,(H,35,37)(H,36,38). The number of hydrogen-bond acceptors (Lipinski definition) is 2. The van der Waals surface area contributed by atoms with Crippen LogP contribution in [0.1, 0.15) is 181 Å². The topological polar surface area (TPSA) is 58.2 Å². The molecular weight excluding hydrogens is 547 g/mol. The molecule has 2 N–H and O–H groups in total. The summed E-state index contributed by atoms with van der Waals surface area (Å²) in [4.78, 5) is 29.0. The number of anilines is 2. The van der Waals surface area contributed by atoms with E-state index in [2.05, 4.69) is 34.4 Å². The van der Waals surface area contributed by atoms with Crippen LogP contribution >= 0.6 is 0 Å². The van der Waals surface area contributed by atoms with Gasteiger partial charge in [-0.2, -0.15) is 0 Å². The van der Waals surface area contributed by atoms with E-state index in [-0.39, 0.29) is 26.3 Å². The Balaban J connectivity index is 2.01. The predicted molar refractivity (Wildman–Crippen MR) is 172 cm³/mol. The smallest absolute Gasteiger partial charge is 0.0654 e. The van der Waals surface area contributed by atoms with E-state index in [1.54, 1.807) is 0 Å². The molecule has 0 bridgehead atoms. The summed E-state index contributed by atoms with van der Waals surface area (Å²) < 4.78 is 0. The minimum Gasteiger partial charge on any atom is -0.0654 e. The summed E-state index contributed by atoms with van der Waals surface area (Å²) in [6, 6.07) is 0. The molecule has 0 aliphatic carbocycles. The van der Waals surface area contributed by atoms with Crippen LogP contribution in [0, 0.1) is 0 Å². The Kier molecular flexibility index (Phi) is 25.0. The maximum absolute atomic E-state index is 12.4. The van der Waals surface area contributed by atoms with Crippen molar-refractivity contribution in [2.24, 2.45) is 0 Å². The van der Waals surface area contributed by atoms with Crippen molar-refractivity contribution in [2.45, 2.75) is 181 Å². The van der Waals surface area contributed by atoms with Gasteiger partial charge >= 0.3 is 171 Å². The number of unbranched alkanes of at least 4 members (excludes halogenated alkanes) is 22. The number of carbonyl (C=O) groups excluding carboxylic acids is 2. The Morgan fingerprint density at radius 3 is 1.00 bits per heavy atom. The average molecular weight is 610 g/mol. The zero-order valence-electron chi connectivity index (χ0n) is 25.8. The maximum atomic E-state index is 12.4. The van der Waals surface area contributed by atoms with Crippen LogP contribution in [0.4, 0.5) is 11.4 Å². The Morgan fingerprint density at radius 2 is 0.718 bits per heavy atom. The molecule has 2 amide bonds. The molecule has 39 heavy (non-hydrogen) atoms. The number of carbonyl (C=O) groups is 2. The van der Waals surface area contributed by atoms with Crippen molar-refractivity contribution < 1.29 is 9.59 Å². The van der Waals surface area contributed by atoms with Crippen LogP contribution in [0.3, 0.4) is 0 Å². The fourth-order valence-electron chi connectivity index (χ4n) is 5.17. The van der Waals surface area contributed by atoms with Crippen LogP contribution in [0.25, 0.3) is 0 Å². The van der Waals surface area contributed by atoms with Gasteiger partial charge in [0.05, 0.1) is 0 Å². The quantitative estimate of drug-likeness (QED) is 0.0733. The van der Waals surface area contributed by atoms with Gasteiger partial charge in [0.1, 0.15) is 0 Å². The van der Waals surface area contributed by atoms with Gasteiger partial charge in [0.2, 0.25) is 0 Å². The molecule has 0 spiro atoms. The minimum atomic E-state index is 0.0761. The first-order valence-electron chi connectivity index (χ1n) is 16.8. The SMILES string of the molecule is CCCCCCCCCCCCCCC(=O)Nc1c[se]cc1NC(=O)CCCCCCCCCCCCCC. The van der Waals surface area contributed by atoms with Gasteiger partial charge in [-0.25, -0.2) is 0 Å². The molecule has 4 nitrogen and oxygen atoms in total. The number of amides is 2. The summed E-state index contributed by atoms with van der Waals surface area (Å²) in [5.41, 5.74) is 1.61. The van der Waals surface area contributed by atoms with Crippen molar-refractivity contribution in [3.63, 3.8) is 0 Å². The molecule has 5 heteroatoms. The van der Waals surface area contributed by atoms with Gasteiger partial charge in [-0.1, -0.05) is 78.1 Å². The third-order valence-electron chi connectivity index (χ3n) is 7.72. The van der Waals surface area contributed by atoms with Gasteiger partial charge in [0.25, 0.3) is 0 Å². The van der Waals surface area contributed by atoms with Gasteiger partial charge in [-0.05, 0) is 0 Å². The first kappa shape index (κ1) is 36.0. The van der Waals surface area contributed by atoms with E-state index in [0.717, 1.165) is 37.1 Å². The fourth-order valence-corrected chi connectivity index (χ4v) is 6.66. The Labute approximate surface area is 248 Å². The summed E-state index contributed by atoms with van der Waals surface area (Å²) in [6.07, 6.45) is 32.3. The van der Waals surface area contributed by atoms with E-state index in [4.69, 9.17) is 0 Å². The van der Waals surface area contributed by atoms with Crippen LogP contribution in [-0.2, 0) is 9.59 Å². The number of rotatable bonds is 28. The van der Waals surface area contributed by atoms with Crippen LogP contribution in [-0.4, -0.2) is 26.3 Å². The van der Waals surface area contributed by atoms with E-state index in [0.29, 0.717) is 12.8 Å². The second-order valence-corrected chi connectivity index (χ2v) is 13.1. The summed E-state index contributed by atoms with van der Waals surface area (Å²) in [5, 5.41) is 6.09. The van der Waals surface area contributed by atoms with Crippen molar-refractivity contribution in [3.05, 3.63) is 9.88 Å². The molecule has 1 aromatic rings. The van der Waals surface area contributed by atoms with Crippen LogP contribution in [0.15, 0.2) is 9.88 Å². The molecule has 1 rings (SSSR count). The molecule has 0 atom stereocenters. The first-order chi connectivity index (χ1) is 19.2. The van der Waals surface area contributed by atoms with E-state index in [9.17, 15) is 9.59 Å². The second-order valence-electron chi connectivity index (χ2n) is 11.6. The number of hydrogen-bond donors (Lipinski definition) is 2. The molecule has 0 fully saturated rings. The van der Waals surface area contributed by atoms with Gasteiger partial charge in [-0.15, -0.1) is 0 Å². The van der Waals surface area contributed by atoms with E-state index in [1.165, 1.54) is 128 Å². The average Bonchev–Trinajstić information content (AvgIpc) is 3.35. The molecule has 0 radical (unpaired) electrons. The molecule has 1 heterocycles. The summed E-state index contributed by atoms with van der Waals surface area (Å²) in [7, 11) is 0. The van der Waals surface area contributed by atoms with Gasteiger partial charge in [0, 0.05) is 0 Å². The zero-order chi connectivity index (χ0) is 28.2. The van der Waals surface area contributed by atoms with E-state index >= 15 is 0 Å². The van der Waals surface area contributed by atoms with Crippen molar-refractivity contribution in [1.29, 1.82) is 0 Å². The Morgan fingerprint density at radius 1 is 0.462 bits per heavy atom. The molecule has 0 saturated heterocycles. The summed E-state index contributed by atoms with van der Waals surface area (Å²) in [5.74, 6) is 0.152. The van der Waals surface area contributed by atoms with Gasteiger partial charge in [0.15, 0.2) is 0 Å². The third kappa shape index (κ3) is 22.3. The minimum absolute atomic E-state index is 0.0761. The monoisotopic (exact) mass is 610 g/mol. The van der Waals surface area contributed by atoms with Crippen molar-refractivity contribution >= 4 is 37.7 Å². The molecule has 1 aromatic heterocycles. The van der Waals surface area contributed by atoms with Gasteiger partial charge < -0.3 is 0 Å². The van der Waals surface area contributed by atoms with Crippen molar-refractivity contribution in [3.8, 4) is 0 Å². The van der Waals surface area contributed by atoms with E-state index < -0.39 is 0 Å². The second kappa shape index (κ2) is 27.1. The molecular formula is C34H62N2O2Se. The van der Waals surface area contributed by atoms with E-state index in [1.807, 2.05) is 0 Å². The molecule has 226 valence electrons. The molecule has 0 aliphatic rings.